The van der Waals surface area contributed by atoms with Gasteiger partial charge in [-0.1, -0.05) is 34.1 Å². The van der Waals surface area contributed by atoms with Gasteiger partial charge in [0.25, 0.3) is 5.89 Å². The maximum absolute atomic E-state index is 6.11. The summed E-state index contributed by atoms with van der Waals surface area (Å²) in [5.74, 6) is 1.67. The number of hydrogen-bond donors (Lipinski definition) is 0. The monoisotopic (exact) mass is 337 g/mol. The van der Waals surface area contributed by atoms with Gasteiger partial charge in [-0.3, -0.25) is 0 Å². The van der Waals surface area contributed by atoms with Crippen molar-refractivity contribution in [3.8, 4) is 11.6 Å². The van der Waals surface area contributed by atoms with Gasteiger partial charge in [0.2, 0.25) is 0 Å². The lowest BCUT2D eigenvalue weighted by atomic mass is 10.0. The molecule has 0 N–H and O–H groups in total. The second kappa shape index (κ2) is 5.49. The number of hydrogen-bond acceptors (Lipinski definition) is 6. The van der Waals surface area contributed by atoms with Crippen LogP contribution in [0.4, 0.5) is 0 Å². The Balaban J connectivity index is 1.43. The normalized spacial score (nSPS) is 19.8. The van der Waals surface area contributed by atoms with Crippen LogP contribution in [0.15, 0.2) is 22.7 Å². The first-order valence-electron chi connectivity index (χ1n) is 8.64. The molecule has 1 fully saturated rings. The van der Waals surface area contributed by atoms with Crippen molar-refractivity contribution in [2.75, 3.05) is 0 Å². The average Bonchev–Trinajstić information content (AvgIpc) is 3.18. The van der Waals surface area contributed by atoms with Gasteiger partial charge in [-0.2, -0.15) is 4.98 Å². The number of aromatic nitrogens is 5. The third-order valence-corrected chi connectivity index (χ3v) is 4.96. The fraction of sp³-hybridized carbons (Fsp3) is 0.444. The van der Waals surface area contributed by atoms with Crippen molar-refractivity contribution in [3.63, 3.8) is 0 Å². The molecule has 5 rings (SSSR count). The summed E-state index contributed by atoms with van der Waals surface area (Å²) in [5, 5.41) is 12.6. The second-order valence-electron chi connectivity index (χ2n) is 6.96. The number of aryl methyl sites for hydroxylation is 2. The minimum absolute atomic E-state index is 0.0210. The van der Waals surface area contributed by atoms with E-state index in [0.29, 0.717) is 30.7 Å². The van der Waals surface area contributed by atoms with Crippen LogP contribution >= 0.6 is 0 Å². The fourth-order valence-electron chi connectivity index (χ4n) is 3.39. The van der Waals surface area contributed by atoms with Crippen molar-refractivity contribution in [1.82, 2.24) is 25.1 Å². The van der Waals surface area contributed by atoms with Crippen LogP contribution in [-0.4, -0.2) is 25.1 Å². The van der Waals surface area contributed by atoms with E-state index in [1.807, 2.05) is 4.68 Å². The molecule has 1 atom stereocenters. The van der Waals surface area contributed by atoms with E-state index in [9.17, 15) is 0 Å². The quantitative estimate of drug-likeness (QED) is 0.731. The molecule has 1 unspecified atom stereocenters. The predicted molar refractivity (Wildman–Crippen MR) is 88.7 cm³/mol. The van der Waals surface area contributed by atoms with Crippen LogP contribution < -0.4 is 0 Å². The van der Waals surface area contributed by atoms with Crippen molar-refractivity contribution in [3.05, 3.63) is 46.4 Å². The highest BCUT2D eigenvalue weighted by Crippen LogP contribution is 2.39. The molecule has 3 heterocycles. The first-order chi connectivity index (χ1) is 12.2. The fourth-order valence-corrected chi connectivity index (χ4v) is 3.39. The number of ether oxygens (including phenoxy) is 1. The van der Waals surface area contributed by atoms with Crippen molar-refractivity contribution >= 4 is 0 Å². The Kier molecular flexibility index (Phi) is 3.24. The van der Waals surface area contributed by atoms with Crippen molar-refractivity contribution in [2.24, 2.45) is 0 Å². The maximum atomic E-state index is 6.11. The molecule has 0 spiro atoms. The van der Waals surface area contributed by atoms with Gasteiger partial charge in [0.05, 0.1) is 18.8 Å². The van der Waals surface area contributed by atoms with E-state index < -0.39 is 0 Å². The van der Waals surface area contributed by atoms with E-state index in [-0.39, 0.29) is 6.10 Å². The molecular weight excluding hydrogens is 318 g/mol. The van der Waals surface area contributed by atoms with Gasteiger partial charge in [-0.15, -0.1) is 5.10 Å². The van der Waals surface area contributed by atoms with Gasteiger partial charge in [0.15, 0.2) is 11.5 Å². The molecule has 1 aliphatic heterocycles. The Hall–Kier alpha value is -2.54. The van der Waals surface area contributed by atoms with E-state index in [4.69, 9.17) is 9.26 Å². The maximum Gasteiger partial charge on any atom is 0.280 e. The molecule has 0 bridgehead atoms. The predicted octanol–water partition coefficient (Wildman–Crippen LogP) is 3.09. The van der Waals surface area contributed by atoms with Gasteiger partial charge in [-0.25, -0.2) is 4.68 Å². The zero-order valence-corrected chi connectivity index (χ0v) is 14.3. The van der Waals surface area contributed by atoms with Crippen molar-refractivity contribution in [2.45, 2.75) is 51.9 Å². The zero-order valence-electron chi connectivity index (χ0n) is 14.3. The lowest BCUT2D eigenvalue weighted by Crippen LogP contribution is -2.22. The molecule has 0 saturated heterocycles. The lowest BCUT2D eigenvalue weighted by molar-refractivity contribution is -0.00153. The summed E-state index contributed by atoms with van der Waals surface area (Å²) in [6.07, 6.45) is 2.26. The SMILES string of the molecule is Cc1ccc(C2Cn3nnc(-c4nc(C5CC5)no4)c3CO2)c(C)c1. The molecule has 2 aliphatic rings. The van der Waals surface area contributed by atoms with E-state index in [1.54, 1.807) is 0 Å². The molecular formula is C18H19N5O2. The van der Waals surface area contributed by atoms with Gasteiger partial charge >= 0.3 is 0 Å². The Labute approximate surface area is 145 Å². The molecule has 0 radical (unpaired) electrons. The highest BCUT2D eigenvalue weighted by molar-refractivity contribution is 5.50. The Morgan fingerprint density at radius 3 is 2.88 bits per heavy atom. The molecule has 0 amide bonds. The van der Waals surface area contributed by atoms with Crippen LogP contribution in [-0.2, 0) is 17.9 Å². The molecule has 7 nitrogen and oxygen atoms in total. The summed E-state index contributed by atoms with van der Waals surface area (Å²) in [6, 6.07) is 6.43. The first kappa shape index (κ1) is 14.8. The average molecular weight is 337 g/mol. The topological polar surface area (TPSA) is 78.9 Å². The second-order valence-corrected chi connectivity index (χ2v) is 6.96. The lowest BCUT2D eigenvalue weighted by Gasteiger charge is -2.25. The minimum atomic E-state index is -0.0210. The molecule has 3 aromatic rings. The standard InChI is InChI=1S/C18H19N5O2/c1-10-3-6-13(11(2)7-10)15-8-23-14(9-24-15)16(20-22-23)18-19-17(21-25-18)12-4-5-12/h3,6-7,12,15H,4-5,8-9H2,1-2H3. The highest BCUT2D eigenvalue weighted by atomic mass is 16.5. The van der Waals surface area contributed by atoms with Gasteiger partial charge in [-0.05, 0) is 37.8 Å². The molecule has 7 heteroatoms. The molecule has 2 aromatic heterocycles. The summed E-state index contributed by atoms with van der Waals surface area (Å²) in [4.78, 5) is 4.47. The first-order valence-corrected chi connectivity index (χ1v) is 8.64. The number of benzene rings is 1. The van der Waals surface area contributed by atoms with E-state index in [0.717, 1.165) is 24.4 Å². The van der Waals surface area contributed by atoms with Crippen LogP contribution in [0, 0.1) is 13.8 Å². The number of rotatable bonds is 3. The van der Waals surface area contributed by atoms with Gasteiger partial charge < -0.3 is 9.26 Å². The molecule has 25 heavy (non-hydrogen) atoms. The molecule has 1 aromatic carbocycles. The smallest absolute Gasteiger partial charge is 0.280 e. The number of fused-ring (bicyclic) bond motifs is 1. The van der Waals surface area contributed by atoms with Crippen LogP contribution in [0.3, 0.4) is 0 Å². The van der Waals surface area contributed by atoms with Crippen LogP contribution in [0.5, 0.6) is 0 Å². The Bertz CT molecular complexity index is 941. The highest BCUT2D eigenvalue weighted by Gasteiger charge is 2.32. The van der Waals surface area contributed by atoms with Gasteiger partial charge in [0.1, 0.15) is 6.10 Å². The Morgan fingerprint density at radius 2 is 2.08 bits per heavy atom. The Morgan fingerprint density at radius 1 is 1.20 bits per heavy atom. The molecule has 1 saturated carbocycles. The third-order valence-electron chi connectivity index (χ3n) is 4.96. The van der Waals surface area contributed by atoms with Crippen molar-refractivity contribution in [1.29, 1.82) is 0 Å². The largest absolute Gasteiger partial charge is 0.365 e. The van der Waals surface area contributed by atoms with E-state index in [1.165, 1.54) is 16.7 Å². The molecule has 1 aliphatic carbocycles. The van der Waals surface area contributed by atoms with E-state index >= 15 is 0 Å². The number of nitrogens with zero attached hydrogens (tertiary/aromatic N) is 5. The summed E-state index contributed by atoms with van der Waals surface area (Å²) in [6.45, 7) is 5.28. The summed E-state index contributed by atoms with van der Waals surface area (Å²) in [5.41, 5.74) is 5.22. The molecule has 128 valence electrons. The summed E-state index contributed by atoms with van der Waals surface area (Å²) in [7, 11) is 0. The van der Waals surface area contributed by atoms with Crippen LogP contribution in [0.1, 0.15) is 53.1 Å². The van der Waals surface area contributed by atoms with Crippen LogP contribution in [0.25, 0.3) is 11.6 Å². The zero-order chi connectivity index (χ0) is 17.0. The summed E-state index contributed by atoms with van der Waals surface area (Å²) >= 11 is 0. The van der Waals surface area contributed by atoms with E-state index in [2.05, 4.69) is 52.5 Å². The minimum Gasteiger partial charge on any atom is -0.365 e. The van der Waals surface area contributed by atoms with Crippen molar-refractivity contribution < 1.29 is 9.26 Å². The van der Waals surface area contributed by atoms with Gasteiger partial charge in [0, 0.05) is 5.92 Å². The van der Waals surface area contributed by atoms with Crippen LogP contribution in [0.2, 0.25) is 0 Å². The third kappa shape index (κ3) is 2.55. The summed E-state index contributed by atoms with van der Waals surface area (Å²) < 4.78 is 13.4.